The number of hydrogen-bond donors (Lipinski definition) is 1. The van der Waals surface area contributed by atoms with Gasteiger partial charge in [-0.3, -0.25) is 0 Å². The number of allylic oxidation sites excluding steroid dienone is 1. The van der Waals surface area contributed by atoms with E-state index in [1.165, 1.54) is 64.2 Å². The molecule has 0 aromatic carbocycles. The van der Waals surface area contributed by atoms with Gasteiger partial charge in [-0.25, -0.2) is 0 Å². The molecule has 29 heavy (non-hydrogen) atoms. The zero-order valence-electron chi connectivity index (χ0n) is 20.3. The van der Waals surface area contributed by atoms with Crippen molar-refractivity contribution in [3.05, 3.63) is 11.1 Å². The number of fused-ring (bicyclic) bond motifs is 4. The Hall–Kier alpha value is -0.300. The Balaban J connectivity index is 1.57. The van der Waals surface area contributed by atoms with Crippen LogP contribution in [0.3, 0.4) is 0 Å². The molecule has 8 atom stereocenters. The van der Waals surface area contributed by atoms with Crippen LogP contribution in [-0.2, 0) is 0 Å². The number of aliphatic hydroxyl groups excluding tert-OH is 1. The number of aliphatic hydroxyl groups is 1. The summed E-state index contributed by atoms with van der Waals surface area (Å²) in [6.45, 7) is 14.9. The molecule has 0 aromatic rings. The summed E-state index contributed by atoms with van der Waals surface area (Å²) in [4.78, 5) is 0. The largest absolute Gasteiger partial charge is 0.392 e. The summed E-state index contributed by atoms with van der Waals surface area (Å²) in [5.41, 5.74) is 4.17. The van der Waals surface area contributed by atoms with E-state index in [0.717, 1.165) is 36.0 Å². The van der Waals surface area contributed by atoms with E-state index in [1.54, 1.807) is 5.57 Å². The summed E-state index contributed by atoms with van der Waals surface area (Å²) in [6, 6.07) is 0. The van der Waals surface area contributed by atoms with Crippen molar-refractivity contribution < 1.29 is 5.11 Å². The molecule has 0 saturated heterocycles. The van der Waals surface area contributed by atoms with Crippen LogP contribution in [0.15, 0.2) is 11.1 Å². The van der Waals surface area contributed by atoms with Gasteiger partial charge in [-0.05, 0) is 92.3 Å². The van der Waals surface area contributed by atoms with E-state index in [4.69, 9.17) is 0 Å². The third-order valence-corrected chi connectivity index (χ3v) is 10.7. The predicted octanol–water partition coefficient (Wildman–Crippen LogP) is 7.78. The van der Waals surface area contributed by atoms with Gasteiger partial charge in [-0.1, -0.05) is 72.0 Å². The molecular formula is C28H48O. The van der Waals surface area contributed by atoms with Crippen molar-refractivity contribution in [3.63, 3.8) is 0 Å². The molecule has 2 fully saturated rings. The van der Waals surface area contributed by atoms with E-state index in [0.29, 0.717) is 11.3 Å². The van der Waals surface area contributed by atoms with Crippen molar-refractivity contribution in [3.8, 4) is 0 Å². The van der Waals surface area contributed by atoms with Crippen LogP contribution in [0.5, 0.6) is 0 Å². The lowest BCUT2D eigenvalue weighted by Crippen LogP contribution is -2.52. The Labute approximate surface area is 181 Å². The second kappa shape index (κ2) is 7.99. The molecule has 0 bridgehead atoms. The summed E-state index contributed by atoms with van der Waals surface area (Å²) in [7, 11) is 0. The average molecular weight is 401 g/mol. The lowest BCUT2D eigenvalue weighted by atomic mass is 9.48. The van der Waals surface area contributed by atoms with Crippen LogP contribution < -0.4 is 0 Å². The molecule has 4 aliphatic rings. The van der Waals surface area contributed by atoms with Crippen molar-refractivity contribution in [2.75, 3.05) is 0 Å². The van der Waals surface area contributed by atoms with Crippen molar-refractivity contribution in [2.24, 2.45) is 46.3 Å². The lowest BCUT2D eigenvalue weighted by molar-refractivity contribution is -0.0592. The molecule has 1 N–H and O–H groups in total. The van der Waals surface area contributed by atoms with Gasteiger partial charge < -0.3 is 5.11 Å². The van der Waals surface area contributed by atoms with E-state index in [-0.39, 0.29) is 11.5 Å². The summed E-state index contributed by atoms with van der Waals surface area (Å²) in [5.74, 6) is 4.93. The molecule has 0 aliphatic heterocycles. The molecule has 4 rings (SSSR count). The van der Waals surface area contributed by atoms with E-state index < -0.39 is 0 Å². The SMILES string of the molecule is CC(C)CCC[C@@H](C)[C@H]1CC[C@H]2C3=C(CC[C@]12C)[C@@]1(C)C(O)CC[C@@H](C)C1CC3. The molecule has 1 nitrogen and oxygen atoms in total. The van der Waals surface area contributed by atoms with E-state index in [1.807, 2.05) is 5.57 Å². The summed E-state index contributed by atoms with van der Waals surface area (Å²) < 4.78 is 0. The van der Waals surface area contributed by atoms with E-state index >= 15 is 0 Å². The molecule has 2 saturated carbocycles. The molecule has 4 aliphatic carbocycles. The van der Waals surface area contributed by atoms with Crippen molar-refractivity contribution in [1.82, 2.24) is 0 Å². The zero-order chi connectivity index (χ0) is 21.0. The lowest BCUT2D eigenvalue weighted by Gasteiger charge is -2.57. The highest BCUT2D eigenvalue weighted by molar-refractivity contribution is 5.35. The van der Waals surface area contributed by atoms with Gasteiger partial charge in [-0.15, -0.1) is 0 Å². The highest BCUT2D eigenvalue weighted by atomic mass is 16.3. The number of rotatable bonds is 5. The first-order chi connectivity index (χ1) is 13.7. The molecule has 1 heteroatoms. The van der Waals surface area contributed by atoms with E-state index in [9.17, 15) is 5.11 Å². The predicted molar refractivity (Wildman–Crippen MR) is 124 cm³/mol. The first-order valence-electron chi connectivity index (χ1n) is 13.1. The van der Waals surface area contributed by atoms with Gasteiger partial charge in [0.05, 0.1) is 6.10 Å². The minimum absolute atomic E-state index is 0.0769. The quantitative estimate of drug-likeness (QED) is 0.467. The molecular weight excluding hydrogens is 352 g/mol. The standard InChI is InChI=1S/C28H48O/c1-18(2)8-7-9-19(3)22-13-14-24-21-11-12-23-20(4)10-15-26(29)28(23,6)25(21)16-17-27(22,24)5/h18-20,22-24,26,29H,7-17H2,1-6H3/t19-,20-,22-,23?,24+,26?,27-,28+/m1/s1. The third-order valence-electron chi connectivity index (χ3n) is 10.7. The average Bonchev–Trinajstić information content (AvgIpc) is 3.02. The van der Waals surface area contributed by atoms with Crippen LogP contribution >= 0.6 is 0 Å². The van der Waals surface area contributed by atoms with E-state index in [2.05, 4.69) is 41.5 Å². The van der Waals surface area contributed by atoms with Gasteiger partial charge in [0.15, 0.2) is 0 Å². The maximum absolute atomic E-state index is 11.2. The Bertz CT molecular complexity index is 632. The van der Waals surface area contributed by atoms with Crippen LogP contribution in [0.4, 0.5) is 0 Å². The maximum atomic E-state index is 11.2. The fourth-order valence-electron chi connectivity index (χ4n) is 8.97. The fraction of sp³-hybridized carbons (Fsp3) is 0.929. The van der Waals surface area contributed by atoms with Gasteiger partial charge in [0.1, 0.15) is 0 Å². The molecule has 0 heterocycles. The topological polar surface area (TPSA) is 20.2 Å². The van der Waals surface area contributed by atoms with Crippen LogP contribution in [-0.4, -0.2) is 11.2 Å². The molecule has 2 unspecified atom stereocenters. The first kappa shape index (κ1) is 21.9. The highest BCUT2D eigenvalue weighted by Crippen LogP contribution is 2.66. The Morgan fingerprint density at radius 3 is 2.45 bits per heavy atom. The Morgan fingerprint density at radius 2 is 1.72 bits per heavy atom. The van der Waals surface area contributed by atoms with Gasteiger partial charge in [0, 0.05) is 5.41 Å². The molecule has 166 valence electrons. The minimum Gasteiger partial charge on any atom is -0.392 e. The Morgan fingerprint density at radius 1 is 0.966 bits per heavy atom. The Kier molecular flexibility index (Phi) is 6.04. The van der Waals surface area contributed by atoms with Crippen LogP contribution in [0, 0.1) is 46.3 Å². The van der Waals surface area contributed by atoms with Gasteiger partial charge in [0.25, 0.3) is 0 Å². The first-order valence-corrected chi connectivity index (χ1v) is 13.1. The fourth-order valence-corrected chi connectivity index (χ4v) is 8.97. The summed E-state index contributed by atoms with van der Waals surface area (Å²) in [6.07, 6.45) is 14.5. The van der Waals surface area contributed by atoms with Gasteiger partial charge in [-0.2, -0.15) is 0 Å². The molecule has 0 amide bonds. The van der Waals surface area contributed by atoms with Crippen molar-refractivity contribution in [2.45, 2.75) is 118 Å². The van der Waals surface area contributed by atoms with Crippen molar-refractivity contribution >= 4 is 0 Å². The number of hydrogen-bond acceptors (Lipinski definition) is 1. The summed E-state index contributed by atoms with van der Waals surface area (Å²) >= 11 is 0. The van der Waals surface area contributed by atoms with Crippen molar-refractivity contribution in [1.29, 1.82) is 0 Å². The zero-order valence-corrected chi connectivity index (χ0v) is 20.3. The summed E-state index contributed by atoms with van der Waals surface area (Å²) in [5, 5.41) is 11.2. The molecule has 0 aromatic heterocycles. The highest BCUT2D eigenvalue weighted by Gasteiger charge is 2.58. The second-order valence-corrected chi connectivity index (χ2v) is 12.5. The molecule has 0 spiro atoms. The van der Waals surface area contributed by atoms with Crippen LogP contribution in [0.1, 0.15) is 112 Å². The maximum Gasteiger partial charge on any atom is 0.0633 e. The second-order valence-electron chi connectivity index (χ2n) is 12.5. The van der Waals surface area contributed by atoms with Gasteiger partial charge >= 0.3 is 0 Å². The van der Waals surface area contributed by atoms with Gasteiger partial charge in [0.2, 0.25) is 0 Å². The monoisotopic (exact) mass is 400 g/mol. The molecule has 0 radical (unpaired) electrons. The van der Waals surface area contributed by atoms with Crippen LogP contribution in [0.25, 0.3) is 0 Å². The third kappa shape index (κ3) is 3.46. The minimum atomic E-state index is -0.106. The normalized spacial score (nSPS) is 45.7. The van der Waals surface area contributed by atoms with Crippen LogP contribution in [0.2, 0.25) is 0 Å². The smallest absolute Gasteiger partial charge is 0.0633 e.